The van der Waals surface area contributed by atoms with Crippen molar-refractivity contribution in [1.29, 1.82) is 0 Å². The smallest absolute Gasteiger partial charge is 0.251 e. The number of carbonyl (C=O) groups excluding carboxylic acids is 1. The molecule has 0 fully saturated rings. The third-order valence-corrected chi connectivity index (χ3v) is 7.36. The molecular formula is C31H29N3O4. The molecule has 192 valence electrons. The van der Waals surface area contributed by atoms with E-state index in [0.717, 1.165) is 33.2 Å². The van der Waals surface area contributed by atoms with Crippen molar-refractivity contribution in [3.8, 4) is 5.75 Å². The summed E-state index contributed by atoms with van der Waals surface area (Å²) in [7, 11) is 0. The molecule has 3 N–H and O–H groups in total. The predicted octanol–water partition coefficient (Wildman–Crippen LogP) is 4.34. The van der Waals surface area contributed by atoms with Gasteiger partial charge in [0, 0.05) is 28.3 Å². The Bertz CT molecular complexity index is 1680. The number of aliphatic hydroxyl groups is 2. The Kier molecular flexibility index (Phi) is 5.97. The normalized spacial score (nSPS) is 17.2. The molecule has 2 unspecified atom stereocenters. The van der Waals surface area contributed by atoms with Crippen molar-refractivity contribution in [2.75, 3.05) is 6.61 Å². The molecule has 0 aliphatic carbocycles. The quantitative estimate of drug-likeness (QED) is 0.241. The van der Waals surface area contributed by atoms with Crippen molar-refractivity contribution in [2.24, 2.45) is 0 Å². The van der Waals surface area contributed by atoms with Gasteiger partial charge in [-0.15, -0.1) is 0 Å². The SMILES string of the molecule is CC1(C)Oc2c(c3nc4cc(C(=O)NC(CO)Cc5ccccc5)ccc4nc3c3ccccc23)CC1O. The van der Waals surface area contributed by atoms with Gasteiger partial charge in [0.2, 0.25) is 0 Å². The van der Waals surface area contributed by atoms with Crippen LogP contribution < -0.4 is 10.1 Å². The number of hydrogen-bond acceptors (Lipinski definition) is 6. The van der Waals surface area contributed by atoms with Crippen molar-refractivity contribution in [1.82, 2.24) is 15.3 Å². The van der Waals surface area contributed by atoms with Crippen LogP contribution in [0.5, 0.6) is 5.75 Å². The van der Waals surface area contributed by atoms with Crippen LogP contribution in [0.1, 0.15) is 35.3 Å². The standard InChI is InChI=1S/C31H29N3O4/c1-31(2)26(36)16-23-28-27(21-10-6-7-11-22(21)29(23)38-31)33-24-13-12-19(15-25(24)34-28)30(37)32-20(17-35)14-18-8-4-3-5-9-18/h3-13,15,20,26,35-36H,14,16-17H2,1-2H3,(H,32,37). The maximum atomic E-state index is 13.1. The van der Waals surface area contributed by atoms with Gasteiger partial charge in [-0.1, -0.05) is 54.6 Å². The molecule has 0 radical (unpaired) electrons. The number of carbonyl (C=O) groups is 1. The summed E-state index contributed by atoms with van der Waals surface area (Å²) in [5.74, 6) is 0.433. The monoisotopic (exact) mass is 507 g/mol. The summed E-state index contributed by atoms with van der Waals surface area (Å²) < 4.78 is 6.33. The zero-order valence-electron chi connectivity index (χ0n) is 21.3. The van der Waals surface area contributed by atoms with Gasteiger partial charge in [-0.2, -0.15) is 0 Å². The minimum atomic E-state index is -0.734. The number of hydrogen-bond donors (Lipinski definition) is 3. The Morgan fingerprint density at radius 3 is 2.47 bits per heavy atom. The minimum absolute atomic E-state index is 0.170. The second kappa shape index (κ2) is 9.35. The van der Waals surface area contributed by atoms with Crippen LogP contribution in [0.3, 0.4) is 0 Å². The number of nitrogens with zero attached hydrogens (tertiary/aromatic N) is 2. The van der Waals surface area contributed by atoms with E-state index in [2.05, 4.69) is 5.32 Å². The molecule has 7 nitrogen and oxygen atoms in total. The van der Waals surface area contributed by atoms with Crippen LogP contribution >= 0.6 is 0 Å². The average Bonchev–Trinajstić information content (AvgIpc) is 2.93. The molecule has 2 atom stereocenters. The van der Waals surface area contributed by atoms with E-state index in [1.807, 2.05) is 68.4 Å². The number of aromatic nitrogens is 2. The lowest BCUT2D eigenvalue weighted by molar-refractivity contribution is -0.0396. The molecule has 0 saturated heterocycles. The van der Waals surface area contributed by atoms with E-state index in [1.54, 1.807) is 18.2 Å². The van der Waals surface area contributed by atoms with Gasteiger partial charge >= 0.3 is 0 Å². The highest BCUT2D eigenvalue weighted by molar-refractivity contribution is 6.11. The first-order valence-corrected chi connectivity index (χ1v) is 12.8. The van der Waals surface area contributed by atoms with Crippen molar-refractivity contribution in [3.63, 3.8) is 0 Å². The number of fused-ring (bicyclic) bond motifs is 7. The van der Waals surface area contributed by atoms with Crippen molar-refractivity contribution in [3.05, 3.63) is 89.5 Å². The van der Waals surface area contributed by atoms with E-state index in [1.165, 1.54) is 0 Å². The summed E-state index contributed by atoms with van der Waals surface area (Å²) >= 11 is 0. The zero-order valence-corrected chi connectivity index (χ0v) is 21.3. The molecule has 1 amide bonds. The number of rotatable bonds is 5. The zero-order chi connectivity index (χ0) is 26.4. The van der Waals surface area contributed by atoms with Crippen molar-refractivity contribution < 1.29 is 19.7 Å². The number of nitrogens with one attached hydrogen (secondary N) is 1. The van der Waals surface area contributed by atoms with Gasteiger partial charge < -0.3 is 20.3 Å². The topological polar surface area (TPSA) is 105 Å². The maximum Gasteiger partial charge on any atom is 0.251 e. The maximum absolute atomic E-state index is 13.1. The van der Waals surface area contributed by atoms with E-state index in [0.29, 0.717) is 35.0 Å². The van der Waals surface area contributed by atoms with Gasteiger partial charge in [0.15, 0.2) is 0 Å². The highest BCUT2D eigenvalue weighted by Crippen LogP contribution is 2.43. The van der Waals surface area contributed by atoms with Gasteiger partial charge in [0.1, 0.15) is 11.4 Å². The third-order valence-electron chi connectivity index (χ3n) is 7.36. The lowest BCUT2D eigenvalue weighted by Gasteiger charge is -2.38. The lowest BCUT2D eigenvalue weighted by Crippen LogP contribution is -2.46. The first kappa shape index (κ1) is 24.3. The van der Waals surface area contributed by atoms with Crippen LogP contribution in [0.25, 0.3) is 32.8 Å². The van der Waals surface area contributed by atoms with Gasteiger partial charge in [-0.05, 0) is 44.0 Å². The summed E-state index contributed by atoms with van der Waals surface area (Å²) in [5.41, 5.74) is 4.20. The van der Waals surface area contributed by atoms with Gasteiger partial charge in [0.05, 0.1) is 40.8 Å². The molecule has 4 aromatic carbocycles. The van der Waals surface area contributed by atoms with E-state index in [-0.39, 0.29) is 12.5 Å². The first-order chi connectivity index (χ1) is 18.3. The molecule has 1 aromatic heterocycles. The number of ether oxygens (including phenoxy) is 1. The fourth-order valence-corrected chi connectivity index (χ4v) is 5.16. The fraction of sp³-hybridized carbons (Fsp3) is 0.258. The molecule has 2 heterocycles. The Labute approximate surface area is 220 Å². The van der Waals surface area contributed by atoms with Crippen LogP contribution in [-0.2, 0) is 12.8 Å². The highest BCUT2D eigenvalue weighted by atomic mass is 16.5. The summed E-state index contributed by atoms with van der Waals surface area (Å²) in [6.07, 6.45) is 0.217. The van der Waals surface area contributed by atoms with Crippen molar-refractivity contribution >= 4 is 38.7 Å². The van der Waals surface area contributed by atoms with Gasteiger partial charge in [-0.25, -0.2) is 9.97 Å². The fourth-order valence-electron chi connectivity index (χ4n) is 5.16. The van der Waals surface area contributed by atoms with Crippen molar-refractivity contribution in [2.45, 2.75) is 44.4 Å². The molecule has 7 heteroatoms. The van der Waals surface area contributed by atoms with Crippen LogP contribution in [0.4, 0.5) is 0 Å². The van der Waals surface area contributed by atoms with Gasteiger partial charge in [0.25, 0.3) is 5.91 Å². The van der Waals surface area contributed by atoms with Crippen LogP contribution in [0.2, 0.25) is 0 Å². The predicted molar refractivity (Wildman–Crippen MR) is 147 cm³/mol. The molecule has 0 spiro atoms. The van der Waals surface area contributed by atoms with Crippen LogP contribution in [-0.4, -0.2) is 50.4 Å². The summed E-state index contributed by atoms with van der Waals surface area (Å²) in [4.78, 5) is 23.0. The molecule has 5 aromatic rings. The molecule has 0 bridgehead atoms. The summed E-state index contributed by atoms with van der Waals surface area (Å²) in [5, 5.41) is 25.5. The van der Waals surface area contributed by atoms with Gasteiger partial charge in [-0.3, -0.25) is 4.79 Å². The number of amides is 1. The second-order valence-corrected chi connectivity index (χ2v) is 10.4. The highest BCUT2D eigenvalue weighted by Gasteiger charge is 2.38. The third kappa shape index (κ3) is 4.23. The molecule has 38 heavy (non-hydrogen) atoms. The second-order valence-electron chi connectivity index (χ2n) is 10.4. The summed E-state index contributed by atoms with van der Waals surface area (Å²) in [6.45, 7) is 3.60. The molecule has 1 aliphatic heterocycles. The lowest BCUT2D eigenvalue weighted by atomic mass is 9.88. The van der Waals surface area contributed by atoms with E-state index in [4.69, 9.17) is 14.7 Å². The first-order valence-electron chi connectivity index (χ1n) is 12.8. The van der Waals surface area contributed by atoms with E-state index >= 15 is 0 Å². The van der Waals surface area contributed by atoms with Crippen LogP contribution in [0.15, 0.2) is 72.8 Å². The van der Waals surface area contributed by atoms with E-state index in [9.17, 15) is 15.0 Å². The Morgan fingerprint density at radius 2 is 1.71 bits per heavy atom. The molecule has 0 saturated carbocycles. The minimum Gasteiger partial charge on any atom is -0.484 e. The van der Waals surface area contributed by atoms with E-state index < -0.39 is 17.7 Å². The Hall–Kier alpha value is -4.07. The summed E-state index contributed by atoms with van der Waals surface area (Å²) in [6, 6.07) is 22.5. The molecular weight excluding hydrogens is 478 g/mol. The average molecular weight is 508 g/mol. The molecule has 1 aliphatic rings. The largest absolute Gasteiger partial charge is 0.484 e. The Morgan fingerprint density at radius 1 is 1.00 bits per heavy atom. The number of aliphatic hydroxyl groups excluding tert-OH is 2. The van der Waals surface area contributed by atoms with Crippen LogP contribution in [0, 0.1) is 0 Å². The number of benzene rings is 4. The molecule has 6 rings (SSSR count). The Balaban J connectivity index is 1.42.